The summed E-state index contributed by atoms with van der Waals surface area (Å²) < 4.78 is 1.28. The number of benzene rings is 3. The quantitative estimate of drug-likeness (QED) is 0.587. The number of aryl methyl sites for hydroxylation is 2. The van der Waals surface area contributed by atoms with Crippen LogP contribution in [0.15, 0.2) is 77.6 Å². The molecule has 0 saturated heterocycles. The van der Waals surface area contributed by atoms with Gasteiger partial charge in [0.1, 0.15) is 0 Å². The molecule has 4 aromatic rings. The lowest BCUT2D eigenvalue weighted by Gasteiger charge is -2.12. The first kappa shape index (κ1) is 17.7. The van der Waals surface area contributed by atoms with E-state index in [9.17, 15) is 9.59 Å². The fourth-order valence-electron chi connectivity index (χ4n) is 3.24. The normalized spacial score (nSPS) is 10.8. The number of carbonyl (C=O) groups excluding carboxylic acids is 1. The van der Waals surface area contributed by atoms with Crippen LogP contribution in [0.25, 0.3) is 16.5 Å². The SMILES string of the molecule is Cc1ccc(NC(=O)c2nn(-c3ccccc3)c(=O)c3ccccc23)c(C)c1. The highest BCUT2D eigenvalue weighted by atomic mass is 16.2. The molecule has 1 aromatic heterocycles. The highest BCUT2D eigenvalue weighted by Crippen LogP contribution is 2.20. The Labute approximate surface area is 162 Å². The van der Waals surface area contributed by atoms with E-state index < -0.39 is 0 Å². The average molecular weight is 369 g/mol. The summed E-state index contributed by atoms with van der Waals surface area (Å²) in [6.45, 7) is 3.95. The van der Waals surface area contributed by atoms with Crippen LogP contribution in [0.4, 0.5) is 5.69 Å². The van der Waals surface area contributed by atoms with Crippen molar-refractivity contribution in [1.29, 1.82) is 0 Å². The summed E-state index contributed by atoms with van der Waals surface area (Å²) in [6, 6.07) is 22.0. The van der Waals surface area contributed by atoms with Crippen LogP contribution in [0, 0.1) is 13.8 Å². The van der Waals surface area contributed by atoms with Crippen molar-refractivity contribution in [3.63, 3.8) is 0 Å². The predicted octanol–water partition coefficient (Wildman–Crippen LogP) is 4.25. The summed E-state index contributed by atoms with van der Waals surface area (Å²) in [7, 11) is 0. The van der Waals surface area contributed by atoms with Gasteiger partial charge in [0, 0.05) is 11.1 Å². The molecule has 3 aromatic carbocycles. The van der Waals surface area contributed by atoms with Gasteiger partial charge in [-0.2, -0.15) is 9.78 Å². The van der Waals surface area contributed by atoms with Gasteiger partial charge >= 0.3 is 0 Å². The molecule has 138 valence electrons. The first-order valence-corrected chi connectivity index (χ1v) is 9.01. The molecule has 0 spiro atoms. The van der Waals surface area contributed by atoms with E-state index in [1.165, 1.54) is 4.68 Å². The summed E-state index contributed by atoms with van der Waals surface area (Å²) in [6.07, 6.45) is 0. The van der Waals surface area contributed by atoms with Crippen LogP contribution in [0.5, 0.6) is 0 Å². The first-order valence-electron chi connectivity index (χ1n) is 9.01. The van der Waals surface area contributed by atoms with Crippen LogP contribution in [0.3, 0.4) is 0 Å². The lowest BCUT2D eigenvalue weighted by Crippen LogP contribution is -2.26. The molecule has 0 fully saturated rings. The minimum atomic E-state index is -0.354. The van der Waals surface area contributed by atoms with E-state index in [4.69, 9.17) is 0 Å². The van der Waals surface area contributed by atoms with E-state index in [2.05, 4.69) is 10.4 Å². The Morgan fingerprint density at radius 1 is 0.893 bits per heavy atom. The van der Waals surface area contributed by atoms with E-state index in [-0.39, 0.29) is 17.2 Å². The van der Waals surface area contributed by atoms with E-state index in [1.807, 2.05) is 50.2 Å². The molecule has 5 heteroatoms. The molecule has 1 amide bonds. The Bertz CT molecular complexity index is 1240. The van der Waals surface area contributed by atoms with Gasteiger partial charge in [-0.1, -0.05) is 54.1 Å². The second-order valence-corrected chi connectivity index (χ2v) is 6.72. The van der Waals surface area contributed by atoms with Crippen LogP contribution in [0.2, 0.25) is 0 Å². The van der Waals surface area contributed by atoms with Crippen molar-refractivity contribution < 1.29 is 4.79 Å². The molecular weight excluding hydrogens is 350 g/mol. The maximum atomic E-state index is 13.1. The summed E-state index contributed by atoms with van der Waals surface area (Å²) in [5, 5.41) is 8.31. The summed E-state index contributed by atoms with van der Waals surface area (Å²) in [4.78, 5) is 26.0. The number of carbonyl (C=O) groups is 1. The predicted molar refractivity (Wildman–Crippen MR) is 111 cm³/mol. The Morgan fingerprint density at radius 2 is 1.57 bits per heavy atom. The number of anilines is 1. The van der Waals surface area contributed by atoms with Crippen molar-refractivity contribution >= 4 is 22.4 Å². The zero-order valence-corrected chi connectivity index (χ0v) is 15.6. The smallest absolute Gasteiger partial charge is 0.279 e. The van der Waals surface area contributed by atoms with Crippen LogP contribution < -0.4 is 10.9 Å². The van der Waals surface area contributed by atoms with Crippen LogP contribution in [-0.2, 0) is 0 Å². The van der Waals surface area contributed by atoms with Crippen LogP contribution >= 0.6 is 0 Å². The van der Waals surface area contributed by atoms with E-state index >= 15 is 0 Å². The van der Waals surface area contributed by atoms with E-state index in [0.717, 1.165) is 16.8 Å². The van der Waals surface area contributed by atoms with Gasteiger partial charge in [0.2, 0.25) is 0 Å². The molecule has 0 aliphatic heterocycles. The zero-order chi connectivity index (χ0) is 19.7. The monoisotopic (exact) mass is 369 g/mol. The second kappa shape index (κ2) is 7.12. The molecule has 1 heterocycles. The first-order chi connectivity index (χ1) is 13.5. The van der Waals surface area contributed by atoms with E-state index in [1.54, 1.807) is 36.4 Å². The van der Waals surface area contributed by atoms with Crippen LogP contribution in [-0.4, -0.2) is 15.7 Å². The molecule has 0 aliphatic carbocycles. The summed E-state index contributed by atoms with van der Waals surface area (Å²) in [5.41, 5.74) is 3.37. The molecular formula is C23H19N3O2. The molecule has 5 nitrogen and oxygen atoms in total. The number of para-hydroxylation sites is 1. The number of rotatable bonds is 3. The van der Waals surface area contributed by atoms with Gasteiger partial charge in [-0.15, -0.1) is 0 Å². The number of nitrogens with one attached hydrogen (secondary N) is 1. The number of hydrogen-bond acceptors (Lipinski definition) is 3. The fourth-order valence-corrected chi connectivity index (χ4v) is 3.24. The molecule has 0 aliphatic rings. The Hall–Kier alpha value is -3.73. The van der Waals surface area contributed by atoms with Gasteiger partial charge in [0.05, 0.1) is 11.1 Å². The van der Waals surface area contributed by atoms with Crippen molar-refractivity contribution in [2.24, 2.45) is 0 Å². The lowest BCUT2D eigenvalue weighted by molar-refractivity contribution is 0.102. The Morgan fingerprint density at radius 3 is 2.29 bits per heavy atom. The second-order valence-electron chi connectivity index (χ2n) is 6.72. The lowest BCUT2D eigenvalue weighted by atomic mass is 10.1. The van der Waals surface area contributed by atoms with Gasteiger partial charge in [-0.05, 0) is 43.7 Å². The maximum absolute atomic E-state index is 13.1. The van der Waals surface area contributed by atoms with Crippen molar-refractivity contribution in [2.75, 3.05) is 5.32 Å². The van der Waals surface area contributed by atoms with E-state index in [0.29, 0.717) is 16.5 Å². The number of hydrogen-bond donors (Lipinski definition) is 1. The van der Waals surface area contributed by atoms with Crippen molar-refractivity contribution in [2.45, 2.75) is 13.8 Å². The highest BCUT2D eigenvalue weighted by Gasteiger charge is 2.18. The molecule has 28 heavy (non-hydrogen) atoms. The number of amides is 1. The van der Waals surface area contributed by atoms with Gasteiger partial charge in [0.15, 0.2) is 5.69 Å². The summed E-state index contributed by atoms with van der Waals surface area (Å²) >= 11 is 0. The molecule has 0 atom stereocenters. The standard InChI is InChI=1S/C23H19N3O2/c1-15-12-13-20(16(2)14-15)24-22(27)21-18-10-6-7-11-19(18)23(28)26(25-21)17-8-4-3-5-9-17/h3-14H,1-2H3,(H,24,27). The van der Waals surface area contributed by atoms with Gasteiger partial charge in [-0.25, -0.2) is 0 Å². The van der Waals surface area contributed by atoms with Crippen molar-refractivity contribution in [3.8, 4) is 5.69 Å². The number of aromatic nitrogens is 2. The van der Waals surface area contributed by atoms with Crippen molar-refractivity contribution in [3.05, 3.63) is 100.0 Å². The molecule has 0 radical (unpaired) electrons. The van der Waals surface area contributed by atoms with Gasteiger partial charge < -0.3 is 5.32 Å². The minimum absolute atomic E-state index is 0.207. The third-order valence-corrected chi connectivity index (χ3v) is 4.65. The topological polar surface area (TPSA) is 64.0 Å². The molecule has 1 N–H and O–H groups in total. The van der Waals surface area contributed by atoms with Crippen LogP contribution in [0.1, 0.15) is 21.6 Å². The third kappa shape index (κ3) is 3.18. The molecule has 0 unspecified atom stereocenters. The summed E-state index contributed by atoms with van der Waals surface area (Å²) in [5.74, 6) is -0.354. The highest BCUT2D eigenvalue weighted by molar-refractivity contribution is 6.11. The average Bonchev–Trinajstić information content (AvgIpc) is 2.71. The van der Waals surface area contributed by atoms with Crippen molar-refractivity contribution in [1.82, 2.24) is 9.78 Å². The number of nitrogens with zero attached hydrogens (tertiary/aromatic N) is 2. The Kier molecular flexibility index (Phi) is 4.49. The minimum Gasteiger partial charge on any atom is -0.320 e. The molecule has 0 bridgehead atoms. The molecule has 0 saturated carbocycles. The molecule has 4 rings (SSSR count). The zero-order valence-electron chi connectivity index (χ0n) is 15.6. The third-order valence-electron chi connectivity index (χ3n) is 4.65. The van der Waals surface area contributed by atoms with Gasteiger partial charge in [-0.3, -0.25) is 9.59 Å². The number of fused-ring (bicyclic) bond motifs is 1. The Balaban J connectivity index is 1.87. The fraction of sp³-hybridized carbons (Fsp3) is 0.0870. The largest absolute Gasteiger partial charge is 0.320 e. The van der Waals surface area contributed by atoms with Gasteiger partial charge in [0.25, 0.3) is 11.5 Å². The maximum Gasteiger partial charge on any atom is 0.279 e.